The summed E-state index contributed by atoms with van der Waals surface area (Å²) in [7, 11) is 0. The Balaban J connectivity index is 1.99. The van der Waals surface area contributed by atoms with Gasteiger partial charge in [-0.3, -0.25) is 0 Å². The quantitative estimate of drug-likeness (QED) is 0.915. The van der Waals surface area contributed by atoms with Crippen LogP contribution in [-0.2, 0) is 13.1 Å². The van der Waals surface area contributed by atoms with Crippen LogP contribution in [0.25, 0.3) is 0 Å². The van der Waals surface area contributed by atoms with E-state index in [1.54, 1.807) is 24.4 Å². The lowest BCUT2D eigenvalue weighted by Gasteiger charge is -2.30. The molecular formula is C13H12ClN3O2. The van der Waals surface area contributed by atoms with E-state index in [2.05, 4.69) is 9.55 Å². The Hall–Kier alpha value is -2.01. The first-order chi connectivity index (χ1) is 9.15. The summed E-state index contributed by atoms with van der Waals surface area (Å²) in [6.45, 7) is 2.12. The van der Waals surface area contributed by atoms with Crippen LogP contribution >= 0.6 is 11.6 Å². The van der Waals surface area contributed by atoms with E-state index < -0.39 is 5.97 Å². The third kappa shape index (κ3) is 2.17. The normalized spacial score (nSPS) is 14.3. The van der Waals surface area contributed by atoms with Crippen LogP contribution in [0.2, 0.25) is 5.02 Å². The Morgan fingerprint density at radius 2 is 2.21 bits per heavy atom. The molecule has 1 aromatic heterocycles. The fraction of sp³-hybridized carbons (Fsp3) is 0.231. The Morgan fingerprint density at radius 1 is 1.37 bits per heavy atom. The highest BCUT2D eigenvalue weighted by Gasteiger charge is 2.21. The monoisotopic (exact) mass is 277 g/mol. The lowest BCUT2D eigenvalue weighted by atomic mass is 10.1. The van der Waals surface area contributed by atoms with Gasteiger partial charge in [-0.2, -0.15) is 0 Å². The van der Waals surface area contributed by atoms with Crippen LogP contribution in [0.5, 0.6) is 0 Å². The average Bonchev–Trinajstić information content (AvgIpc) is 2.85. The summed E-state index contributed by atoms with van der Waals surface area (Å²) in [5.41, 5.74) is 0.915. The fourth-order valence-corrected chi connectivity index (χ4v) is 2.49. The van der Waals surface area contributed by atoms with Crippen LogP contribution in [0.3, 0.4) is 0 Å². The Bertz CT molecular complexity index is 639. The van der Waals surface area contributed by atoms with Gasteiger partial charge in [-0.1, -0.05) is 11.6 Å². The molecule has 0 aliphatic carbocycles. The second kappa shape index (κ2) is 4.59. The molecule has 0 radical (unpaired) electrons. The topological polar surface area (TPSA) is 58.4 Å². The molecule has 1 N–H and O–H groups in total. The first-order valence-corrected chi connectivity index (χ1v) is 6.31. The summed E-state index contributed by atoms with van der Waals surface area (Å²) in [5.74, 6) is -0.0110. The maximum Gasteiger partial charge on any atom is 0.337 e. The molecule has 98 valence electrons. The molecule has 0 unspecified atom stereocenters. The van der Waals surface area contributed by atoms with Crippen LogP contribution in [0.15, 0.2) is 30.6 Å². The second-order valence-corrected chi connectivity index (χ2v) is 4.86. The number of carboxylic acid groups (broad SMARTS) is 1. The number of anilines is 1. The first-order valence-electron chi connectivity index (χ1n) is 5.93. The number of nitrogens with zero attached hydrogens (tertiary/aromatic N) is 3. The minimum Gasteiger partial charge on any atom is -0.478 e. The zero-order valence-corrected chi connectivity index (χ0v) is 10.8. The largest absolute Gasteiger partial charge is 0.478 e. The van der Waals surface area contributed by atoms with Crippen molar-refractivity contribution in [3.63, 3.8) is 0 Å². The molecule has 5 nitrogen and oxygen atoms in total. The highest BCUT2D eigenvalue weighted by atomic mass is 35.5. The maximum absolute atomic E-state index is 11.3. The number of imidazole rings is 1. The standard InChI is InChI=1S/C13H12ClN3O2/c14-9-1-2-10(13(18)19)11(7-9)17-6-5-16-4-3-15-12(16)8-17/h1-4,7H,5-6,8H2,(H,18,19). The van der Waals surface area contributed by atoms with E-state index in [0.717, 1.165) is 18.9 Å². The van der Waals surface area contributed by atoms with Gasteiger partial charge in [0.05, 0.1) is 17.8 Å². The number of halogens is 1. The van der Waals surface area contributed by atoms with Crippen molar-refractivity contribution in [3.8, 4) is 0 Å². The van der Waals surface area contributed by atoms with E-state index in [1.807, 2.05) is 11.1 Å². The summed E-state index contributed by atoms with van der Waals surface area (Å²) < 4.78 is 2.07. The number of benzene rings is 1. The van der Waals surface area contributed by atoms with Crippen molar-refractivity contribution in [2.45, 2.75) is 13.1 Å². The number of fused-ring (bicyclic) bond motifs is 1. The molecule has 1 aliphatic heterocycles. The van der Waals surface area contributed by atoms with Gasteiger partial charge >= 0.3 is 5.97 Å². The summed E-state index contributed by atoms with van der Waals surface area (Å²) >= 11 is 5.98. The molecule has 1 aromatic carbocycles. The molecule has 0 bridgehead atoms. The van der Waals surface area contributed by atoms with Gasteiger partial charge in [-0.25, -0.2) is 9.78 Å². The predicted octanol–water partition coefficient (Wildman–Crippen LogP) is 2.25. The second-order valence-electron chi connectivity index (χ2n) is 4.43. The molecule has 2 heterocycles. The lowest BCUT2D eigenvalue weighted by molar-refractivity contribution is 0.0697. The van der Waals surface area contributed by atoms with Gasteiger partial charge in [0.25, 0.3) is 0 Å². The summed E-state index contributed by atoms with van der Waals surface area (Å²) in [6.07, 6.45) is 3.69. The molecule has 3 rings (SSSR count). The van der Waals surface area contributed by atoms with Crippen molar-refractivity contribution in [3.05, 3.63) is 47.0 Å². The van der Waals surface area contributed by atoms with Crippen molar-refractivity contribution in [1.29, 1.82) is 0 Å². The lowest BCUT2D eigenvalue weighted by Crippen LogP contribution is -2.34. The molecule has 19 heavy (non-hydrogen) atoms. The van der Waals surface area contributed by atoms with E-state index in [1.165, 1.54) is 0 Å². The van der Waals surface area contributed by atoms with Crippen LogP contribution in [-0.4, -0.2) is 27.2 Å². The summed E-state index contributed by atoms with van der Waals surface area (Å²) in [4.78, 5) is 17.5. The molecule has 0 amide bonds. The smallest absolute Gasteiger partial charge is 0.337 e. The minimum atomic E-state index is -0.944. The van der Waals surface area contributed by atoms with Crippen molar-refractivity contribution < 1.29 is 9.90 Å². The Kier molecular flexibility index (Phi) is 2.91. The third-order valence-electron chi connectivity index (χ3n) is 3.28. The Labute approximate surface area is 115 Å². The van der Waals surface area contributed by atoms with Gasteiger partial charge in [0.2, 0.25) is 0 Å². The predicted molar refractivity (Wildman–Crippen MR) is 71.7 cm³/mol. The highest BCUT2D eigenvalue weighted by Crippen LogP contribution is 2.27. The van der Waals surface area contributed by atoms with Gasteiger partial charge in [0.1, 0.15) is 5.82 Å². The highest BCUT2D eigenvalue weighted by molar-refractivity contribution is 6.31. The molecule has 0 saturated carbocycles. The molecule has 0 atom stereocenters. The summed E-state index contributed by atoms with van der Waals surface area (Å²) in [6, 6.07) is 4.84. The van der Waals surface area contributed by atoms with Crippen molar-refractivity contribution in [2.75, 3.05) is 11.4 Å². The van der Waals surface area contributed by atoms with E-state index in [4.69, 9.17) is 11.6 Å². The van der Waals surface area contributed by atoms with Gasteiger partial charge in [-0.05, 0) is 18.2 Å². The van der Waals surface area contributed by atoms with E-state index >= 15 is 0 Å². The third-order valence-corrected chi connectivity index (χ3v) is 3.51. The van der Waals surface area contributed by atoms with Gasteiger partial charge in [0.15, 0.2) is 0 Å². The van der Waals surface area contributed by atoms with Crippen molar-refractivity contribution in [1.82, 2.24) is 9.55 Å². The van der Waals surface area contributed by atoms with Crippen LogP contribution < -0.4 is 4.90 Å². The van der Waals surface area contributed by atoms with Crippen molar-refractivity contribution >= 4 is 23.3 Å². The van der Waals surface area contributed by atoms with Gasteiger partial charge in [0, 0.05) is 30.5 Å². The summed E-state index contributed by atoms with van der Waals surface area (Å²) in [5, 5.41) is 9.79. The minimum absolute atomic E-state index is 0.268. The maximum atomic E-state index is 11.3. The zero-order chi connectivity index (χ0) is 13.4. The van der Waals surface area contributed by atoms with Crippen LogP contribution in [0, 0.1) is 0 Å². The number of aromatic nitrogens is 2. The molecule has 0 spiro atoms. The van der Waals surface area contributed by atoms with Gasteiger partial charge in [-0.15, -0.1) is 0 Å². The van der Waals surface area contributed by atoms with E-state index in [0.29, 0.717) is 17.3 Å². The average molecular weight is 278 g/mol. The molecule has 2 aromatic rings. The number of aromatic carboxylic acids is 1. The first kappa shape index (κ1) is 12.0. The van der Waals surface area contributed by atoms with Gasteiger partial charge < -0.3 is 14.6 Å². The van der Waals surface area contributed by atoms with Crippen LogP contribution in [0.1, 0.15) is 16.2 Å². The molecule has 6 heteroatoms. The van der Waals surface area contributed by atoms with E-state index in [-0.39, 0.29) is 5.56 Å². The SMILES string of the molecule is O=C(O)c1ccc(Cl)cc1N1CCn2ccnc2C1. The molecule has 0 fully saturated rings. The zero-order valence-electron chi connectivity index (χ0n) is 10.1. The fourth-order valence-electron chi connectivity index (χ4n) is 2.33. The number of carbonyl (C=O) groups is 1. The van der Waals surface area contributed by atoms with Crippen LogP contribution in [0.4, 0.5) is 5.69 Å². The molecular weight excluding hydrogens is 266 g/mol. The number of rotatable bonds is 2. The Morgan fingerprint density at radius 3 is 3.00 bits per heavy atom. The van der Waals surface area contributed by atoms with Crippen molar-refractivity contribution in [2.24, 2.45) is 0 Å². The molecule has 0 saturated heterocycles. The molecule has 1 aliphatic rings. The number of hydrogen-bond acceptors (Lipinski definition) is 3. The number of hydrogen-bond donors (Lipinski definition) is 1. The van der Waals surface area contributed by atoms with E-state index in [9.17, 15) is 9.90 Å². The number of carboxylic acids is 1.